The largest absolute Gasteiger partial charge is 0.382 e. The second kappa shape index (κ2) is 8.20. The summed E-state index contributed by atoms with van der Waals surface area (Å²) in [4.78, 5) is 18.4. The number of amides is 1. The van der Waals surface area contributed by atoms with Gasteiger partial charge >= 0.3 is 0 Å². The van der Waals surface area contributed by atoms with Crippen molar-refractivity contribution >= 4 is 17.2 Å². The number of hydrogen-bond donors (Lipinski definition) is 3. The molecule has 180 valence electrons. The Bertz CT molecular complexity index is 1270. The predicted molar refractivity (Wildman–Crippen MR) is 117 cm³/mol. The Morgan fingerprint density at radius 3 is 2.74 bits per heavy atom. The van der Waals surface area contributed by atoms with E-state index < -0.39 is 29.9 Å². The summed E-state index contributed by atoms with van der Waals surface area (Å²) in [7, 11) is 0. The van der Waals surface area contributed by atoms with Gasteiger partial charge in [-0.15, -0.1) is 0 Å². The molecule has 0 spiro atoms. The fourth-order valence-corrected chi connectivity index (χ4v) is 4.53. The molecule has 8 nitrogen and oxygen atoms in total. The highest BCUT2D eigenvalue weighted by molar-refractivity contribution is 5.97. The Kier molecular flexibility index (Phi) is 5.44. The van der Waals surface area contributed by atoms with E-state index in [2.05, 4.69) is 20.7 Å². The van der Waals surface area contributed by atoms with Crippen LogP contribution in [0.1, 0.15) is 21.5 Å². The number of alkyl halides is 3. The Morgan fingerprint density at radius 2 is 2.06 bits per heavy atom. The molecule has 2 atom stereocenters. The molecule has 0 aliphatic carbocycles. The van der Waals surface area contributed by atoms with Gasteiger partial charge in [0.05, 0.1) is 24.8 Å². The van der Waals surface area contributed by atoms with Crippen LogP contribution in [0.25, 0.3) is 16.8 Å². The number of nitrogens with one attached hydrogen (secondary N) is 2. The standard InChI is InChI=1S/C22H23F4N7O/c1-11-14(21(34)31-17-6-28-5-16(17)24)2-12(3-15(11)23)18-4-13(7-32-8-22(25,26)9-32)19-20(27)29-10-30-33(18)19/h2-4,10,16-17,28H,5-9H2,1H3,(H,31,34)(H2,27,29,30)/t16-,17+/m0/s1. The zero-order valence-electron chi connectivity index (χ0n) is 18.3. The van der Waals surface area contributed by atoms with Crippen LogP contribution in [0.5, 0.6) is 0 Å². The van der Waals surface area contributed by atoms with Gasteiger partial charge in [-0.25, -0.2) is 27.1 Å². The molecule has 2 saturated heterocycles. The highest BCUT2D eigenvalue weighted by Gasteiger charge is 2.43. The van der Waals surface area contributed by atoms with Crippen LogP contribution in [0.4, 0.5) is 23.4 Å². The van der Waals surface area contributed by atoms with Gasteiger partial charge in [0.25, 0.3) is 11.8 Å². The van der Waals surface area contributed by atoms with E-state index in [1.807, 2.05) is 0 Å². The van der Waals surface area contributed by atoms with Crippen LogP contribution < -0.4 is 16.4 Å². The molecule has 0 unspecified atom stereocenters. The third-order valence-corrected chi connectivity index (χ3v) is 6.31. The van der Waals surface area contributed by atoms with Gasteiger partial charge in [-0.2, -0.15) is 5.10 Å². The maximum absolute atomic E-state index is 14.9. The number of carbonyl (C=O) groups is 1. The van der Waals surface area contributed by atoms with Crippen LogP contribution >= 0.6 is 0 Å². The number of likely N-dealkylation sites (tertiary alicyclic amines) is 1. The molecule has 1 amide bonds. The molecular weight excluding hydrogens is 454 g/mol. The van der Waals surface area contributed by atoms with Crippen LogP contribution in [0.3, 0.4) is 0 Å². The first-order valence-electron chi connectivity index (χ1n) is 10.8. The third kappa shape index (κ3) is 3.96. The van der Waals surface area contributed by atoms with Crippen LogP contribution in [0, 0.1) is 12.7 Å². The highest BCUT2D eigenvalue weighted by atomic mass is 19.3. The Labute approximate surface area is 192 Å². The number of halogens is 4. The topological polar surface area (TPSA) is 101 Å². The Balaban J connectivity index is 1.53. The number of nitrogens with two attached hydrogens (primary N) is 1. The van der Waals surface area contributed by atoms with E-state index in [4.69, 9.17) is 5.73 Å². The molecule has 0 saturated carbocycles. The summed E-state index contributed by atoms with van der Waals surface area (Å²) in [6.07, 6.45) is 0.00280. The van der Waals surface area contributed by atoms with Gasteiger partial charge in [-0.3, -0.25) is 9.69 Å². The van der Waals surface area contributed by atoms with E-state index >= 15 is 0 Å². The van der Waals surface area contributed by atoms with E-state index in [0.29, 0.717) is 22.3 Å². The molecule has 0 bridgehead atoms. The van der Waals surface area contributed by atoms with Crippen LogP contribution in [-0.4, -0.2) is 69.7 Å². The van der Waals surface area contributed by atoms with Crippen molar-refractivity contribution in [3.05, 3.63) is 47.0 Å². The minimum absolute atomic E-state index is 0.0648. The van der Waals surface area contributed by atoms with Crippen LogP contribution in [0.15, 0.2) is 24.5 Å². The monoisotopic (exact) mass is 477 g/mol. The lowest BCUT2D eigenvalue weighted by Crippen LogP contribution is -2.55. The van der Waals surface area contributed by atoms with Crippen molar-refractivity contribution < 1.29 is 22.4 Å². The number of anilines is 1. The molecule has 2 aromatic heterocycles. The maximum Gasteiger partial charge on any atom is 0.272 e. The van der Waals surface area contributed by atoms with Gasteiger partial charge in [0, 0.05) is 30.8 Å². The smallest absolute Gasteiger partial charge is 0.272 e. The zero-order chi connectivity index (χ0) is 24.2. The van der Waals surface area contributed by atoms with Crippen molar-refractivity contribution in [3.8, 4) is 11.3 Å². The van der Waals surface area contributed by atoms with Gasteiger partial charge in [0.2, 0.25) is 0 Å². The maximum atomic E-state index is 14.9. The van der Waals surface area contributed by atoms with E-state index in [1.54, 1.807) is 11.0 Å². The third-order valence-electron chi connectivity index (χ3n) is 6.31. The molecule has 34 heavy (non-hydrogen) atoms. The molecule has 4 heterocycles. The fraction of sp³-hybridized carbons (Fsp3) is 0.409. The Morgan fingerprint density at radius 1 is 1.29 bits per heavy atom. The van der Waals surface area contributed by atoms with Gasteiger partial charge in [-0.05, 0) is 36.2 Å². The number of nitrogen functional groups attached to an aromatic ring is 1. The molecule has 2 fully saturated rings. The summed E-state index contributed by atoms with van der Waals surface area (Å²) < 4.78 is 57.0. The predicted octanol–water partition coefficient (Wildman–Crippen LogP) is 1.92. The number of aromatic nitrogens is 3. The van der Waals surface area contributed by atoms with Gasteiger partial charge in [-0.1, -0.05) is 0 Å². The number of benzene rings is 1. The number of carbonyl (C=O) groups excluding carboxylic acids is 1. The van der Waals surface area contributed by atoms with Gasteiger partial charge < -0.3 is 16.4 Å². The van der Waals surface area contributed by atoms with Crippen molar-refractivity contribution in [2.75, 3.05) is 31.9 Å². The summed E-state index contributed by atoms with van der Waals surface area (Å²) in [5.74, 6) is -3.79. The molecule has 3 aromatic rings. The van der Waals surface area contributed by atoms with Crippen molar-refractivity contribution in [2.24, 2.45) is 0 Å². The minimum atomic E-state index is -2.73. The molecule has 5 rings (SSSR count). The number of fused-ring (bicyclic) bond motifs is 1. The number of hydrogen-bond acceptors (Lipinski definition) is 6. The van der Waals surface area contributed by atoms with Gasteiger partial charge in [0.1, 0.15) is 23.8 Å². The van der Waals surface area contributed by atoms with Gasteiger partial charge in [0.15, 0.2) is 5.82 Å². The van der Waals surface area contributed by atoms with Crippen molar-refractivity contribution in [3.63, 3.8) is 0 Å². The molecule has 0 radical (unpaired) electrons. The van der Waals surface area contributed by atoms with E-state index in [0.717, 1.165) is 0 Å². The summed E-state index contributed by atoms with van der Waals surface area (Å²) in [5.41, 5.74) is 8.04. The first kappa shape index (κ1) is 22.5. The fourth-order valence-electron chi connectivity index (χ4n) is 4.53. The molecule has 2 aliphatic heterocycles. The lowest BCUT2D eigenvalue weighted by molar-refractivity contribution is -0.133. The summed E-state index contributed by atoms with van der Waals surface area (Å²) in [6, 6.07) is 3.75. The molecule has 1 aromatic carbocycles. The summed E-state index contributed by atoms with van der Waals surface area (Å²) in [5, 5.41) is 9.69. The first-order valence-corrected chi connectivity index (χ1v) is 10.8. The van der Waals surface area contributed by atoms with Crippen molar-refractivity contribution in [1.82, 2.24) is 30.1 Å². The van der Waals surface area contributed by atoms with Crippen LogP contribution in [-0.2, 0) is 6.54 Å². The van der Waals surface area contributed by atoms with E-state index in [-0.39, 0.29) is 49.7 Å². The molecule has 12 heteroatoms. The van der Waals surface area contributed by atoms with Crippen molar-refractivity contribution in [2.45, 2.75) is 31.6 Å². The number of nitrogens with zero attached hydrogens (tertiary/aromatic N) is 4. The first-order chi connectivity index (χ1) is 16.1. The summed E-state index contributed by atoms with van der Waals surface area (Å²) >= 11 is 0. The minimum Gasteiger partial charge on any atom is -0.382 e. The zero-order valence-corrected chi connectivity index (χ0v) is 18.3. The van der Waals surface area contributed by atoms with Crippen molar-refractivity contribution in [1.29, 1.82) is 0 Å². The average Bonchev–Trinajstić information content (AvgIpc) is 3.33. The second-order valence-electron chi connectivity index (χ2n) is 8.85. The Hall–Kier alpha value is -3.25. The average molecular weight is 477 g/mol. The summed E-state index contributed by atoms with van der Waals surface area (Å²) in [6.45, 7) is 1.34. The van der Waals surface area contributed by atoms with Crippen LogP contribution in [0.2, 0.25) is 0 Å². The lowest BCUT2D eigenvalue weighted by atomic mass is 10.0. The van der Waals surface area contributed by atoms with E-state index in [9.17, 15) is 22.4 Å². The molecular formula is C22H23F4N7O. The normalized spacial score (nSPS) is 22.1. The lowest BCUT2D eigenvalue weighted by Gasteiger charge is -2.38. The SMILES string of the molecule is Cc1c(F)cc(-c2cc(CN3CC(F)(F)C3)c3c(N)ncnn23)cc1C(=O)N[C@@H]1CNC[C@@H]1F. The highest BCUT2D eigenvalue weighted by Crippen LogP contribution is 2.34. The second-order valence-corrected chi connectivity index (χ2v) is 8.85. The quantitative estimate of drug-likeness (QED) is 0.486. The number of rotatable bonds is 5. The molecule has 4 N–H and O–H groups in total. The van der Waals surface area contributed by atoms with E-state index in [1.165, 1.54) is 29.9 Å². The molecule has 2 aliphatic rings.